The summed E-state index contributed by atoms with van der Waals surface area (Å²) in [7, 11) is 1.90. The van der Waals surface area contributed by atoms with E-state index in [1.807, 2.05) is 60.5 Å². The van der Waals surface area contributed by atoms with Gasteiger partial charge in [0.25, 0.3) is 0 Å². The molecule has 0 spiro atoms. The maximum atomic E-state index is 14.3. The van der Waals surface area contributed by atoms with Gasteiger partial charge in [-0.25, -0.2) is 0 Å². The number of benzene rings is 3. The molecule has 3 aromatic rings. The van der Waals surface area contributed by atoms with Crippen LogP contribution in [0.4, 0.5) is 0 Å². The summed E-state index contributed by atoms with van der Waals surface area (Å²) in [5, 5.41) is 4.22. The molecular weight excluding hydrogens is 541 g/mol. The number of likely N-dealkylation sites (N-methyl/N-ethyl adjacent to an activating group) is 1. The van der Waals surface area contributed by atoms with Crippen molar-refractivity contribution in [3.05, 3.63) is 106 Å². The second-order valence-electron chi connectivity index (χ2n) is 11.4. The monoisotopic (exact) mass is 577 g/mol. The van der Waals surface area contributed by atoms with Crippen LogP contribution in [-0.4, -0.2) is 48.3 Å². The molecule has 3 aromatic carbocycles. The number of amides is 2. The molecule has 3 atom stereocenters. The van der Waals surface area contributed by atoms with Crippen LogP contribution in [0.1, 0.15) is 55.8 Å². The van der Waals surface area contributed by atoms with E-state index < -0.39 is 5.41 Å². The van der Waals surface area contributed by atoms with Crippen molar-refractivity contribution in [3.63, 3.8) is 0 Å². The molecular formula is C33H37Cl2N3O2. The molecule has 2 fully saturated rings. The Kier molecular flexibility index (Phi) is 8.28. The Morgan fingerprint density at radius 1 is 0.950 bits per heavy atom. The minimum Gasteiger partial charge on any atom is -0.347 e. The molecule has 1 aliphatic carbocycles. The predicted molar refractivity (Wildman–Crippen MR) is 161 cm³/mol. The van der Waals surface area contributed by atoms with E-state index in [4.69, 9.17) is 23.2 Å². The van der Waals surface area contributed by atoms with Gasteiger partial charge in [-0.05, 0) is 60.9 Å². The summed E-state index contributed by atoms with van der Waals surface area (Å²) in [5.74, 6) is 0.257. The molecule has 2 unspecified atom stereocenters. The number of piperidine rings is 1. The summed E-state index contributed by atoms with van der Waals surface area (Å²) >= 11 is 12.7. The van der Waals surface area contributed by atoms with Gasteiger partial charge in [0, 0.05) is 33.6 Å². The zero-order valence-corrected chi connectivity index (χ0v) is 24.9. The molecule has 1 N–H and O–H groups in total. The van der Waals surface area contributed by atoms with E-state index in [-0.39, 0.29) is 29.3 Å². The number of nitrogens with zero attached hydrogens (tertiary/aromatic N) is 2. The van der Waals surface area contributed by atoms with Gasteiger partial charge in [-0.15, -0.1) is 0 Å². The summed E-state index contributed by atoms with van der Waals surface area (Å²) in [4.78, 5) is 30.8. The van der Waals surface area contributed by atoms with Crippen molar-refractivity contribution in [2.24, 2.45) is 5.92 Å². The van der Waals surface area contributed by atoms with E-state index in [0.717, 1.165) is 55.6 Å². The van der Waals surface area contributed by atoms with Gasteiger partial charge in [0.1, 0.15) is 0 Å². The van der Waals surface area contributed by atoms with Crippen molar-refractivity contribution in [2.45, 2.75) is 50.1 Å². The highest BCUT2D eigenvalue weighted by Crippen LogP contribution is 2.57. The third-order valence-corrected chi connectivity index (χ3v) is 9.77. The zero-order valence-electron chi connectivity index (χ0n) is 23.4. The van der Waals surface area contributed by atoms with Gasteiger partial charge in [-0.1, -0.05) is 89.9 Å². The largest absolute Gasteiger partial charge is 0.347 e. The first kappa shape index (κ1) is 28.7. The minimum atomic E-state index is -0.641. The molecule has 2 amide bonds. The van der Waals surface area contributed by atoms with Crippen molar-refractivity contribution >= 4 is 35.0 Å². The van der Waals surface area contributed by atoms with Gasteiger partial charge >= 0.3 is 0 Å². The van der Waals surface area contributed by atoms with E-state index in [1.165, 1.54) is 0 Å². The fourth-order valence-corrected chi connectivity index (χ4v) is 6.82. The van der Waals surface area contributed by atoms with Gasteiger partial charge in [-0.2, -0.15) is 0 Å². The van der Waals surface area contributed by atoms with Crippen molar-refractivity contribution in [2.75, 3.05) is 26.7 Å². The lowest BCUT2D eigenvalue weighted by Crippen LogP contribution is -2.53. The molecule has 5 rings (SSSR count). The highest BCUT2D eigenvalue weighted by molar-refractivity contribution is 6.42. The normalized spacial score (nSPS) is 22.8. The maximum absolute atomic E-state index is 14.3. The third-order valence-electron chi connectivity index (χ3n) is 9.03. The Morgan fingerprint density at radius 2 is 1.57 bits per heavy atom. The molecule has 0 radical (unpaired) electrons. The lowest BCUT2D eigenvalue weighted by atomic mass is 9.80. The number of rotatable bonds is 8. The number of carbonyl (C=O) groups is 2. The number of carbonyl (C=O) groups excluding carboxylic acids is 2. The summed E-state index contributed by atoms with van der Waals surface area (Å²) in [6, 6.07) is 26.0. The third kappa shape index (κ3) is 5.52. The Labute approximate surface area is 247 Å². The lowest BCUT2D eigenvalue weighted by Gasteiger charge is -2.43. The summed E-state index contributed by atoms with van der Waals surface area (Å²) in [6.07, 6.45) is 2.41. The predicted octanol–water partition coefficient (Wildman–Crippen LogP) is 6.60. The Balaban J connectivity index is 1.36. The molecule has 0 aromatic heterocycles. The lowest BCUT2D eigenvalue weighted by molar-refractivity contribution is -0.135. The number of hydrogen-bond donors (Lipinski definition) is 1. The van der Waals surface area contributed by atoms with Crippen LogP contribution >= 0.6 is 23.2 Å². The van der Waals surface area contributed by atoms with E-state index in [9.17, 15) is 9.59 Å². The SMILES string of the molecule is CC(=O)NC1(c2ccccc2)CCN(CC2CC2(C(=O)N(C)[C@H](C)c2ccccc2)c2ccc(Cl)c(Cl)c2)CC1. The number of hydrogen-bond acceptors (Lipinski definition) is 3. The number of nitrogens with one attached hydrogen (secondary N) is 1. The van der Waals surface area contributed by atoms with Gasteiger partial charge in [0.2, 0.25) is 11.8 Å². The Morgan fingerprint density at radius 3 is 2.17 bits per heavy atom. The van der Waals surface area contributed by atoms with Crippen LogP contribution in [0.5, 0.6) is 0 Å². The molecule has 1 heterocycles. The highest BCUT2D eigenvalue weighted by Gasteiger charge is 2.62. The molecule has 7 heteroatoms. The average Bonchev–Trinajstić information content (AvgIpc) is 3.69. The topological polar surface area (TPSA) is 52.7 Å². The van der Waals surface area contributed by atoms with Gasteiger partial charge < -0.3 is 15.1 Å². The van der Waals surface area contributed by atoms with E-state index in [1.54, 1.807) is 13.0 Å². The first-order valence-corrected chi connectivity index (χ1v) is 14.8. The second-order valence-corrected chi connectivity index (χ2v) is 12.2. The van der Waals surface area contributed by atoms with Crippen LogP contribution in [-0.2, 0) is 20.5 Å². The molecule has 1 saturated heterocycles. The zero-order chi connectivity index (χ0) is 28.5. The van der Waals surface area contributed by atoms with Crippen LogP contribution in [0.2, 0.25) is 10.0 Å². The minimum absolute atomic E-state index is 0.0145. The standard InChI is InChI=1S/C33H37Cl2N3O2/c1-23(25-10-6-4-7-11-25)37(3)31(40)33(27-14-15-29(34)30(35)20-27)21-28(33)22-38-18-16-32(17-19-38,36-24(2)39)26-12-8-5-9-13-26/h4-15,20,23,28H,16-19,21-22H2,1-3H3,(H,36,39)/t23-,28?,33?/m1/s1. The van der Waals surface area contributed by atoms with Crippen molar-refractivity contribution in [1.82, 2.24) is 15.1 Å². The van der Waals surface area contributed by atoms with Crippen molar-refractivity contribution in [1.29, 1.82) is 0 Å². The Hall–Kier alpha value is -2.86. The second kappa shape index (κ2) is 11.6. The molecule has 0 bridgehead atoms. The molecule has 40 heavy (non-hydrogen) atoms. The summed E-state index contributed by atoms with van der Waals surface area (Å²) < 4.78 is 0. The number of halogens is 2. The quantitative estimate of drug-likeness (QED) is 0.328. The highest BCUT2D eigenvalue weighted by atomic mass is 35.5. The molecule has 1 aliphatic heterocycles. The smallest absolute Gasteiger partial charge is 0.233 e. The van der Waals surface area contributed by atoms with Gasteiger partial charge in [0.05, 0.1) is 27.0 Å². The maximum Gasteiger partial charge on any atom is 0.233 e. The van der Waals surface area contributed by atoms with Crippen molar-refractivity contribution < 1.29 is 9.59 Å². The van der Waals surface area contributed by atoms with E-state index in [0.29, 0.717) is 10.0 Å². The first-order valence-electron chi connectivity index (χ1n) is 14.0. The Bertz CT molecular complexity index is 1360. The average molecular weight is 579 g/mol. The molecule has 5 nitrogen and oxygen atoms in total. The van der Waals surface area contributed by atoms with Crippen LogP contribution in [0, 0.1) is 5.92 Å². The summed E-state index contributed by atoms with van der Waals surface area (Å²) in [6.45, 7) is 6.15. The van der Waals surface area contributed by atoms with Crippen LogP contribution in [0.15, 0.2) is 78.9 Å². The van der Waals surface area contributed by atoms with Gasteiger partial charge in [-0.3, -0.25) is 9.59 Å². The van der Waals surface area contributed by atoms with Crippen LogP contribution in [0.3, 0.4) is 0 Å². The van der Waals surface area contributed by atoms with Crippen LogP contribution in [0.25, 0.3) is 0 Å². The summed E-state index contributed by atoms with van der Waals surface area (Å²) in [5.41, 5.74) is 2.17. The van der Waals surface area contributed by atoms with Crippen molar-refractivity contribution in [3.8, 4) is 0 Å². The number of likely N-dealkylation sites (tertiary alicyclic amines) is 1. The first-order chi connectivity index (χ1) is 19.2. The molecule has 210 valence electrons. The fraction of sp³-hybridized carbons (Fsp3) is 0.394. The van der Waals surface area contributed by atoms with E-state index in [2.05, 4.69) is 41.4 Å². The van der Waals surface area contributed by atoms with Crippen LogP contribution < -0.4 is 5.32 Å². The molecule has 1 saturated carbocycles. The molecule has 2 aliphatic rings. The van der Waals surface area contributed by atoms with Gasteiger partial charge in [0.15, 0.2) is 0 Å². The van der Waals surface area contributed by atoms with E-state index >= 15 is 0 Å². The fourth-order valence-electron chi connectivity index (χ4n) is 6.52.